The summed E-state index contributed by atoms with van der Waals surface area (Å²) in [6.07, 6.45) is 1.88. The molecule has 0 amide bonds. The van der Waals surface area contributed by atoms with Crippen LogP contribution >= 0.6 is 0 Å². The lowest BCUT2D eigenvalue weighted by atomic mass is 10.2. The maximum absolute atomic E-state index is 12.0. The number of nitrogens with two attached hydrogens (primary N) is 1. The molecule has 0 aromatic heterocycles. The van der Waals surface area contributed by atoms with Crippen LogP contribution in [0, 0.1) is 0 Å². The monoisotopic (exact) mass is 271 g/mol. The van der Waals surface area contributed by atoms with Crippen molar-refractivity contribution in [2.45, 2.75) is 23.8 Å². The minimum Gasteiger partial charge on any atom is -0.377 e. The van der Waals surface area contributed by atoms with Gasteiger partial charge in [-0.3, -0.25) is 5.84 Å². The Morgan fingerprint density at radius 3 is 2.61 bits per heavy atom. The molecule has 7 heteroatoms. The maximum Gasteiger partial charge on any atom is 0.240 e. The zero-order valence-electron chi connectivity index (χ0n) is 9.93. The first-order valence-corrected chi connectivity index (χ1v) is 7.28. The summed E-state index contributed by atoms with van der Waals surface area (Å²) >= 11 is 0. The Kier molecular flexibility index (Phi) is 4.18. The fraction of sp³-hybridized carbons (Fsp3) is 0.455. The average Bonchev–Trinajstić information content (AvgIpc) is 2.90. The van der Waals surface area contributed by atoms with Gasteiger partial charge >= 0.3 is 0 Å². The molecule has 1 aromatic rings. The van der Waals surface area contributed by atoms with Crippen molar-refractivity contribution in [1.82, 2.24) is 4.72 Å². The molecule has 0 radical (unpaired) electrons. The van der Waals surface area contributed by atoms with E-state index in [4.69, 9.17) is 10.6 Å². The summed E-state index contributed by atoms with van der Waals surface area (Å²) in [5.74, 6) is 5.22. The van der Waals surface area contributed by atoms with E-state index >= 15 is 0 Å². The predicted octanol–water partition coefficient (Wildman–Crippen LogP) is 0.430. The second-order valence-corrected chi connectivity index (χ2v) is 5.92. The molecule has 4 N–H and O–H groups in total. The Hall–Kier alpha value is -1.15. The quantitative estimate of drug-likeness (QED) is 0.533. The van der Waals surface area contributed by atoms with E-state index in [9.17, 15) is 8.42 Å². The highest BCUT2D eigenvalue weighted by Gasteiger charge is 2.20. The maximum atomic E-state index is 12.0. The van der Waals surface area contributed by atoms with Gasteiger partial charge in [0.05, 0.1) is 11.0 Å². The highest BCUT2D eigenvalue weighted by atomic mass is 32.2. The molecule has 0 aliphatic carbocycles. The van der Waals surface area contributed by atoms with Crippen molar-refractivity contribution in [1.29, 1.82) is 0 Å². The van der Waals surface area contributed by atoms with Crippen molar-refractivity contribution in [3.05, 3.63) is 24.3 Å². The van der Waals surface area contributed by atoms with Gasteiger partial charge in [0, 0.05) is 18.8 Å². The molecule has 1 aliphatic heterocycles. The van der Waals surface area contributed by atoms with Gasteiger partial charge in [-0.1, -0.05) is 0 Å². The summed E-state index contributed by atoms with van der Waals surface area (Å²) in [4.78, 5) is 0.222. The first kappa shape index (κ1) is 13.3. The van der Waals surface area contributed by atoms with E-state index in [1.54, 1.807) is 12.1 Å². The van der Waals surface area contributed by atoms with Gasteiger partial charge in [-0.25, -0.2) is 13.1 Å². The summed E-state index contributed by atoms with van der Waals surface area (Å²) < 4.78 is 31.9. The molecule has 1 atom stereocenters. The van der Waals surface area contributed by atoms with Gasteiger partial charge in [-0.15, -0.1) is 0 Å². The van der Waals surface area contributed by atoms with E-state index in [2.05, 4.69) is 10.1 Å². The van der Waals surface area contributed by atoms with Crippen molar-refractivity contribution in [2.75, 3.05) is 18.6 Å². The first-order chi connectivity index (χ1) is 8.62. The van der Waals surface area contributed by atoms with Gasteiger partial charge < -0.3 is 10.2 Å². The van der Waals surface area contributed by atoms with E-state index < -0.39 is 10.0 Å². The Labute approximate surface area is 107 Å². The van der Waals surface area contributed by atoms with Gasteiger partial charge in [0.1, 0.15) is 0 Å². The number of anilines is 1. The molecule has 2 rings (SSSR count). The van der Waals surface area contributed by atoms with Crippen LogP contribution in [0.3, 0.4) is 0 Å². The lowest BCUT2D eigenvalue weighted by Crippen LogP contribution is -2.31. The smallest absolute Gasteiger partial charge is 0.240 e. The standard InChI is InChI=1S/C11H17N3O3S/c12-14-9-3-5-11(6-4-9)18(15,16)13-8-10-2-1-7-17-10/h3-6,10,13-14H,1-2,7-8,12H2. The first-order valence-electron chi connectivity index (χ1n) is 5.80. The third-order valence-corrected chi connectivity index (χ3v) is 4.30. The van der Waals surface area contributed by atoms with Crippen molar-refractivity contribution < 1.29 is 13.2 Å². The molecule has 0 saturated carbocycles. The van der Waals surface area contributed by atoms with Crippen molar-refractivity contribution in [3.63, 3.8) is 0 Å². The number of rotatable bonds is 5. The van der Waals surface area contributed by atoms with Crippen LogP contribution in [0.1, 0.15) is 12.8 Å². The number of hydrogen-bond donors (Lipinski definition) is 3. The molecule has 1 unspecified atom stereocenters. The zero-order valence-corrected chi connectivity index (χ0v) is 10.7. The number of sulfonamides is 1. The summed E-state index contributed by atoms with van der Waals surface area (Å²) in [6, 6.07) is 6.24. The second-order valence-electron chi connectivity index (χ2n) is 4.16. The van der Waals surface area contributed by atoms with Gasteiger partial charge in [0.25, 0.3) is 0 Å². The lowest BCUT2D eigenvalue weighted by molar-refractivity contribution is 0.114. The number of hydrogen-bond acceptors (Lipinski definition) is 5. The molecule has 1 aliphatic rings. The second kappa shape index (κ2) is 5.66. The summed E-state index contributed by atoms with van der Waals surface area (Å²) in [5.41, 5.74) is 3.11. The molecule has 100 valence electrons. The minimum atomic E-state index is -3.47. The van der Waals surface area contributed by atoms with Crippen LogP contribution in [-0.2, 0) is 14.8 Å². The molecule has 0 bridgehead atoms. The molecular formula is C11H17N3O3S. The summed E-state index contributed by atoms with van der Waals surface area (Å²) in [7, 11) is -3.47. The van der Waals surface area contributed by atoms with Crippen LogP contribution in [0.2, 0.25) is 0 Å². The van der Waals surface area contributed by atoms with E-state index in [1.165, 1.54) is 12.1 Å². The van der Waals surface area contributed by atoms with Crippen molar-refractivity contribution in [2.24, 2.45) is 5.84 Å². The highest BCUT2D eigenvalue weighted by molar-refractivity contribution is 7.89. The molecule has 1 aromatic carbocycles. The van der Waals surface area contributed by atoms with Crippen LogP contribution in [0.15, 0.2) is 29.2 Å². The van der Waals surface area contributed by atoms with Gasteiger partial charge in [0.2, 0.25) is 10.0 Å². The fourth-order valence-electron chi connectivity index (χ4n) is 1.82. The van der Waals surface area contributed by atoms with Crippen LogP contribution in [-0.4, -0.2) is 27.7 Å². The molecular weight excluding hydrogens is 254 g/mol. The lowest BCUT2D eigenvalue weighted by Gasteiger charge is -2.11. The number of nitrogen functional groups attached to an aromatic ring is 1. The Bertz CT molecular complexity index is 481. The van der Waals surface area contributed by atoms with Crippen LogP contribution in [0.5, 0.6) is 0 Å². The Balaban J connectivity index is 2.00. The normalized spacial score (nSPS) is 19.9. The number of ether oxygens (including phenoxy) is 1. The van der Waals surface area contributed by atoms with Crippen molar-refractivity contribution >= 4 is 15.7 Å². The van der Waals surface area contributed by atoms with E-state index in [-0.39, 0.29) is 11.0 Å². The largest absolute Gasteiger partial charge is 0.377 e. The summed E-state index contributed by atoms with van der Waals surface area (Å²) in [5, 5.41) is 0. The highest BCUT2D eigenvalue weighted by Crippen LogP contribution is 2.15. The van der Waals surface area contributed by atoms with E-state index in [0.29, 0.717) is 18.8 Å². The predicted molar refractivity (Wildman–Crippen MR) is 68.4 cm³/mol. The zero-order chi connectivity index (χ0) is 13.0. The average molecular weight is 271 g/mol. The molecule has 1 heterocycles. The van der Waals surface area contributed by atoms with E-state index in [0.717, 1.165) is 12.8 Å². The molecule has 1 fully saturated rings. The SMILES string of the molecule is NNc1ccc(S(=O)(=O)NCC2CCCO2)cc1. The Morgan fingerprint density at radius 2 is 2.06 bits per heavy atom. The number of benzene rings is 1. The third-order valence-electron chi connectivity index (χ3n) is 2.86. The number of hydrazine groups is 1. The van der Waals surface area contributed by atoms with Crippen molar-refractivity contribution in [3.8, 4) is 0 Å². The minimum absolute atomic E-state index is 0.00948. The Morgan fingerprint density at radius 1 is 1.33 bits per heavy atom. The van der Waals surface area contributed by atoms with Gasteiger partial charge in [-0.05, 0) is 37.1 Å². The van der Waals surface area contributed by atoms with E-state index in [1.807, 2.05) is 0 Å². The topological polar surface area (TPSA) is 93.5 Å². The molecule has 6 nitrogen and oxygen atoms in total. The van der Waals surface area contributed by atoms with Gasteiger partial charge in [0.15, 0.2) is 0 Å². The molecule has 1 saturated heterocycles. The number of nitrogens with one attached hydrogen (secondary N) is 2. The fourth-order valence-corrected chi connectivity index (χ4v) is 2.89. The van der Waals surface area contributed by atoms with Crippen LogP contribution in [0.25, 0.3) is 0 Å². The molecule has 18 heavy (non-hydrogen) atoms. The third kappa shape index (κ3) is 3.20. The van der Waals surface area contributed by atoms with Crippen LogP contribution in [0.4, 0.5) is 5.69 Å². The van der Waals surface area contributed by atoms with Crippen LogP contribution < -0.4 is 16.0 Å². The van der Waals surface area contributed by atoms with Gasteiger partial charge in [-0.2, -0.15) is 0 Å². The molecule has 0 spiro atoms. The summed E-state index contributed by atoms with van der Waals surface area (Å²) in [6.45, 7) is 1.03.